The summed E-state index contributed by atoms with van der Waals surface area (Å²) >= 11 is 0. The molecule has 0 bridgehead atoms. The average Bonchev–Trinajstić information content (AvgIpc) is 3.01. The van der Waals surface area contributed by atoms with Gasteiger partial charge < -0.3 is 9.84 Å². The predicted molar refractivity (Wildman–Crippen MR) is 115 cm³/mol. The van der Waals surface area contributed by atoms with E-state index in [-0.39, 0.29) is 24.6 Å². The number of halogens is 1. The molecule has 10 heteroatoms. The molecule has 172 valence electrons. The van der Waals surface area contributed by atoms with Crippen molar-refractivity contribution in [3.8, 4) is 0 Å². The minimum Gasteiger partial charge on any atom is -0.465 e. The molecule has 0 spiro atoms. The van der Waals surface area contributed by atoms with Crippen LogP contribution in [0.5, 0.6) is 0 Å². The third-order valence-corrected chi connectivity index (χ3v) is 7.52. The Balaban J connectivity index is 1.65. The zero-order chi connectivity index (χ0) is 22.8. The number of nitrogens with zero attached hydrogens (tertiary/aromatic N) is 2. The van der Waals surface area contributed by atoms with Gasteiger partial charge in [0.25, 0.3) is 10.2 Å². The molecular formula is C21H30FN3O5S. The van der Waals surface area contributed by atoms with E-state index in [0.29, 0.717) is 12.8 Å². The summed E-state index contributed by atoms with van der Waals surface area (Å²) in [5.41, 5.74) is 1.93. The van der Waals surface area contributed by atoms with Crippen LogP contribution in [0, 0.1) is 5.82 Å². The first-order valence-electron chi connectivity index (χ1n) is 10.4. The van der Waals surface area contributed by atoms with Crippen molar-refractivity contribution in [1.29, 1.82) is 0 Å². The standard InChI is InChI=1S/C21H30FN3O5S/c1-14-11-19(23-31(28,29)24(2)3)20(25(14)21(26)27)13-30-18-9-7-15(8-10-18)16-5-4-6-17(22)12-16/h4-7,12,14,18-20,23H,8-11,13H2,1-3H3,(H,26,27)/t14-,18-,19+,20?/m1/s1. The Kier molecular flexibility index (Phi) is 7.35. The number of allylic oxidation sites excluding steroid dienone is 1. The molecule has 1 saturated heterocycles. The van der Waals surface area contributed by atoms with Gasteiger partial charge in [-0.1, -0.05) is 18.2 Å². The third kappa shape index (κ3) is 5.62. The lowest BCUT2D eigenvalue weighted by Gasteiger charge is -2.31. The highest BCUT2D eigenvalue weighted by atomic mass is 32.2. The Labute approximate surface area is 182 Å². The van der Waals surface area contributed by atoms with Crippen LogP contribution >= 0.6 is 0 Å². The second-order valence-electron chi connectivity index (χ2n) is 8.32. The predicted octanol–water partition coefficient (Wildman–Crippen LogP) is 2.68. The van der Waals surface area contributed by atoms with Gasteiger partial charge in [0.1, 0.15) is 5.82 Å². The molecule has 0 aromatic heterocycles. The van der Waals surface area contributed by atoms with Gasteiger partial charge >= 0.3 is 6.09 Å². The summed E-state index contributed by atoms with van der Waals surface area (Å²) < 4.78 is 47.8. The van der Waals surface area contributed by atoms with Crippen molar-refractivity contribution < 1.29 is 27.4 Å². The highest BCUT2D eigenvalue weighted by molar-refractivity contribution is 7.87. The second-order valence-corrected chi connectivity index (χ2v) is 10.2. The van der Waals surface area contributed by atoms with Crippen molar-refractivity contribution in [3.63, 3.8) is 0 Å². The number of carbonyl (C=O) groups is 1. The van der Waals surface area contributed by atoms with Gasteiger partial charge in [-0.25, -0.2) is 9.18 Å². The van der Waals surface area contributed by atoms with Crippen molar-refractivity contribution in [1.82, 2.24) is 13.9 Å². The van der Waals surface area contributed by atoms with E-state index in [1.54, 1.807) is 13.0 Å². The molecule has 1 aliphatic carbocycles. The van der Waals surface area contributed by atoms with E-state index in [1.165, 1.54) is 31.1 Å². The topological polar surface area (TPSA) is 99.2 Å². The number of rotatable bonds is 7. The molecule has 1 aromatic rings. The SMILES string of the molecule is C[C@@H]1C[C@H](NS(=O)(=O)N(C)C)C(CO[C@@H]2CC=C(c3cccc(F)c3)CC2)N1C(=O)O. The minimum absolute atomic E-state index is 0.102. The first-order valence-corrected chi connectivity index (χ1v) is 11.8. The Morgan fingerprint density at radius 1 is 1.39 bits per heavy atom. The molecule has 2 N–H and O–H groups in total. The van der Waals surface area contributed by atoms with Crippen molar-refractivity contribution in [3.05, 3.63) is 41.7 Å². The number of amides is 1. The number of likely N-dealkylation sites (tertiary alicyclic amines) is 1. The molecule has 31 heavy (non-hydrogen) atoms. The molecule has 1 aromatic carbocycles. The van der Waals surface area contributed by atoms with E-state index in [4.69, 9.17) is 4.74 Å². The number of hydrogen-bond acceptors (Lipinski definition) is 4. The second kappa shape index (κ2) is 9.64. The van der Waals surface area contributed by atoms with E-state index in [1.807, 2.05) is 12.1 Å². The van der Waals surface area contributed by atoms with Gasteiger partial charge in [-0.05, 0) is 55.9 Å². The summed E-state index contributed by atoms with van der Waals surface area (Å²) in [5.74, 6) is -0.271. The lowest BCUT2D eigenvalue weighted by atomic mass is 9.92. The molecule has 1 aliphatic heterocycles. The summed E-state index contributed by atoms with van der Waals surface area (Å²) in [6, 6.07) is 4.98. The van der Waals surface area contributed by atoms with Crippen molar-refractivity contribution >= 4 is 21.9 Å². The van der Waals surface area contributed by atoms with Crippen LogP contribution in [0.2, 0.25) is 0 Å². The fourth-order valence-corrected chi connectivity index (χ4v) is 5.10. The van der Waals surface area contributed by atoms with Crippen LogP contribution in [-0.2, 0) is 14.9 Å². The fourth-order valence-electron chi connectivity index (χ4n) is 4.26. The Morgan fingerprint density at radius 2 is 2.13 bits per heavy atom. The highest BCUT2D eigenvalue weighted by Crippen LogP contribution is 2.30. The zero-order valence-corrected chi connectivity index (χ0v) is 18.8. The molecule has 1 heterocycles. The van der Waals surface area contributed by atoms with Gasteiger partial charge in [-0.2, -0.15) is 17.4 Å². The van der Waals surface area contributed by atoms with Crippen LogP contribution in [-0.4, -0.2) is 73.8 Å². The van der Waals surface area contributed by atoms with E-state index >= 15 is 0 Å². The summed E-state index contributed by atoms with van der Waals surface area (Å²) in [4.78, 5) is 13.1. The summed E-state index contributed by atoms with van der Waals surface area (Å²) in [6.45, 7) is 1.87. The van der Waals surface area contributed by atoms with Crippen LogP contribution in [0.15, 0.2) is 30.3 Å². The third-order valence-electron chi connectivity index (χ3n) is 5.95. The van der Waals surface area contributed by atoms with Crippen LogP contribution in [0.4, 0.5) is 9.18 Å². The van der Waals surface area contributed by atoms with E-state index in [0.717, 1.165) is 28.3 Å². The van der Waals surface area contributed by atoms with Crippen LogP contribution in [0.1, 0.15) is 38.2 Å². The molecule has 1 fully saturated rings. The van der Waals surface area contributed by atoms with Gasteiger partial charge in [0.05, 0.1) is 18.8 Å². The van der Waals surface area contributed by atoms with Crippen molar-refractivity contribution in [2.24, 2.45) is 0 Å². The highest BCUT2D eigenvalue weighted by Gasteiger charge is 2.44. The van der Waals surface area contributed by atoms with Gasteiger partial charge in [0, 0.05) is 26.2 Å². The van der Waals surface area contributed by atoms with Gasteiger partial charge in [0.15, 0.2) is 0 Å². The number of benzene rings is 1. The zero-order valence-electron chi connectivity index (χ0n) is 18.0. The van der Waals surface area contributed by atoms with E-state index < -0.39 is 28.4 Å². The van der Waals surface area contributed by atoms with E-state index in [2.05, 4.69) is 4.72 Å². The molecule has 8 nitrogen and oxygen atoms in total. The van der Waals surface area contributed by atoms with E-state index in [9.17, 15) is 22.7 Å². The molecule has 3 rings (SSSR count). The van der Waals surface area contributed by atoms with Gasteiger partial charge in [0.2, 0.25) is 0 Å². The first kappa shape index (κ1) is 23.6. The number of nitrogens with one attached hydrogen (secondary N) is 1. The minimum atomic E-state index is -3.70. The Hall–Kier alpha value is -2.01. The molecule has 1 amide bonds. The summed E-state index contributed by atoms with van der Waals surface area (Å²) in [5, 5.41) is 9.64. The normalized spacial score (nSPS) is 26.9. The van der Waals surface area contributed by atoms with Gasteiger partial charge in [-0.15, -0.1) is 0 Å². The maximum atomic E-state index is 13.5. The number of hydrogen-bond donors (Lipinski definition) is 2. The van der Waals surface area contributed by atoms with Crippen LogP contribution < -0.4 is 4.72 Å². The average molecular weight is 456 g/mol. The smallest absolute Gasteiger partial charge is 0.407 e. The fraction of sp³-hybridized carbons (Fsp3) is 0.571. The molecule has 0 saturated carbocycles. The van der Waals surface area contributed by atoms with Crippen molar-refractivity contribution in [2.75, 3.05) is 20.7 Å². The molecule has 2 aliphatic rings. The molecule has 1 unspecified atom stereocenters. The Morgan fingerprint density at radius 3 is 2.71 bits per heavy atom. The van der Waals surface area contributed by atoms with Crippen molar-refractivity contribution in [2.45, 2.75) is 56.8 Å². The summed E-state index contributed by atoms with van der Waals surface area (Å²) in [7, 11) is -0.859. The quantitative estimate of drug-likeness (QED) is 0.659. The Bertz CT molecular complexity index is 937. The van der Waals surface area contributed by atoms with Crippen LogP contribution in [0.25, 0.3) is 5.57 Å². The summed E-state index contributed by atoms with van der Waals surface area (Å²) in [6.07, 6.45) is 3.30. The maximum Gasteiger partial charge on any atom is 0.407 e. The lowest BCUT2D eigenvalue weighted by Crippen LogP contribution is -2.52. The number of carboxylic acid groups (broad SMARTS) is 1. The molecule has 4 atom stereocenters. The largest absolute Gasteiger partial charge is 0.465 e. The first-order chi connectivity index (χ1) is 14.6. The maximum absolute atomic E-state index is 13.5. The lowest BCUT2D eigenvalue weighted by molar-refractivity contribution is 0.00890. The van der Waals surface area contributed by atoms with Gasteiger partial charge in [-0.3, -0.25) is 4.90 Å². The molecular weight excluding hydrogens is 425 g/mol. The van der Waals surface area contributed by atoms with Crippen LogP contribution in [0.3, 0.4) is 0 Å². The number of ether oxygens (including phenoxy) is 1. The monoisotopic (exact) mass is 455 g/mol. The molecule has 0 radical (unpaired) electrons.